The Bertz CT molecular complexity index is 381. The normalized spacial score (nSPS) is 16.5. The summed E-state index contributed by atoms with van der Waals surface area (Å²) < 4.78 is 0. The van der Waals surface area contributed by atoms with Crippen molar-refractivity contribution in [3.05, 3.63) is 12.4 Å². The van der Waals surface area contributed by atoms with E-state index in [1.54, 1.807) is 31.1 Å². The molecule has 0 spiro atoms. The van der Waals surface area contributed by atoms with Gasteiger partial charge in [-0.05, 0) is 27.2 Å². The highest BCUT2D eigenvalue weighted by Crippen LogP contribution is 2.26. The summed E-state index contributed by atoms with van der Waals surface area (Å²) in [5, 5.41) is 13.5. The van der Waals surface area contributed by atoms with Gasteiger partial charge in [-0.3, -0.25) is 10.1 Å². The lowest BCUT2D eigenvalue weighted by molar-refractivity contribution is -0.144. The van der Waals surface area contributed by atoms with Crippen molar-refractivity contribution in [2.75, 3.05) is 0 Å². The molecule has 1 heterocycles. The molecule has 0 aliphatic rings. The summed E-state index contributed by atoms with van der Waals surface area (Å²) in [5.74, 6) is -0.817. The molecule has 18 heavy (non-hydrogen) atoms. The van der Waals surface area contributed by atoms with Crippen LogP contribution in [0.1, 0.15) is 34.1 Å². The maximum absolute atomic E-state index is 11.4. The number of hydrogen-bond acceptors (Lipinski definition) is 4. The van der Waals surface area contributed by atoms with E-state index >= 15 is 0 Å². The number of carboxylic acid groups (broad SMARTS) is 1. The van der Waals surface area contributed by atoms with Crippen LogP contribution in [0.2, 0.25) is 0 Å². The largest absolute Gasteiger partial charge is 0.480 e. The van der Waals surface area contributed by atoms with Crippen LogP contribution < -0.4 is 5.32 Å². The second kappa shape index (κ2) is 6.24. The minimum Gasteiger partial charge on any atom is -0.480 e. The zero-order valence-corrected chi connectivity index (χ0v) is 12.0. The van der Waals surface area contributed by atoms with Gasteiger partial charge in [0.15, 0.2) is 5.16 Å². The van der Waals surface area contributed by atoms with Crippen LogP contribution in [0.3, 0.4) is 0 Å². The Balaban J connectivity index is 2.63. The summed E-state index contributed by atoms with van der Waals surface area (Å²) in [7, 11) is 0. The molecule has 6 heteroatoms. The van der Waals surface area contributed by atoms with Crippen molar-refractivity contribution in [1.29, 1.82) is 0 Å². The van der Waals surface area contributed by atoms with E-state index in [-0.39, 0.29) is 11.3 Å². The molecule has 2 atom stereocenters. The molecule has 0 amide bonds. The first-order chi connectivity index (χ1) is 8.33. The van der Waals surface area contributed by atoms with Gasteiger partial charge in [-0.25, -0.2) is 4.98 Å². The third kappa shape index (κ3) is 4.34. The average Bonchev–Trinajstić information content (AvgIpc) is 2.68. The zero-order valence-electron chi connectivity index (χ0n) is 11.2. The molecule has 0 aliphatic heterocycles. The number of thioether (sulfide) groups is 1. The number of aliphatic carboxylic acids is 1. The van der Waals surface area contributed by atoms with Crippen LogP contribution in [0.5, 0.6) is 0 Å². The second-order valence-electron chi connectivity index (χ2n) is 4.96. The first-order valence-corrected chi connectivity index (χ1v) is 6.88. The lowest BCUT2D eigenvalue weighted by Gasteiger charge is -2.30. The Morgan fingerprint density at radius 3 is 2.72 bits per heavy atom. The molecule has 0 aromatic carbocycles. The summed E-state index contributed by atoms with van der Waals surface area (Å²) in [5.41, 5.74) is -0.910. The highest BCUT2D eigenvalue weighted by Gasteiger charge is 2.35. The predicted octanol–water partition coefficient (Wildman–Crippen LogP) is 2.12. The lowest BCUT2D eigenvalue weighted by atomic mass is 9.95. The molecule has 0 bridgehead atoms. The standard InChI is InChI=1S/C12H21N3O2S/c1-8(2)15-12(4,10(16)17)7-9(3)18-11-13-5-6-14-11/h5-6,8-9,15H,7H2,1-4H3,(H,13,14)(H,16,17). The van der Waals surface area contributed by atoms with Gasteiger partial charge >= 0.3 is 5.97 Å². The average molecular weight is 271 g/mol. The number of nitrogens with zero attached hydrogens (tertiary/aromatic N) is 1. The van der Waals surface area contributed by atoms with Crippen LogP contribution in [-0.2, 0) is 4.79 Å². The molecule has 0 aliphatic carbocycles. The van der Waals surface area contributed by atoms with E-state index in [2.05, 4.69) is 15.3 Å². The third-order valence-electron chi connectivity index (χ3n) is 2.56. The van der Waals surface area contributed by atoms with E-state index in [0.29, 0.717) is 6.42 Å². The Hall–Kier alpha value is -1.01. The molecular formula is C12H21N3O2S. The van der Waals surface area contributed by atoms with Crippen molar-refractivity contribution in [2.24, 2.45) is 0 Å². The number of hydrogen-bond donors (Lipinski definition) is 3. The van der Waals surface area contributed by atoms with Gasteiger partial charge in [-0.15, -0.1) is 0 Å². The van der Waals surface area contributed by atoms with Gasteiger partial charge in [0, 0.05) is 23.7 Å². The van der Waals surface area contributed by atoms with Crippen molar-refractivity contribution >= 4 is 17.7 Å². The van der Waals surface area contributed by atoms with Gasteiger partial charge in [-0.2, -0.15) is 0 Å². The summed E-state index contributed by atoms with van der Waals surface area (Å²) in [4.78, 5) is 18.5. The van der Waals surface area contributed by atoms with Gasteiger partial charge in [0.1, 0.15) is 5.54 Å². The van der Waals surface area contributed by atoms with Gasteiger partial charge in [-0.1, -0.05) is 18.7 Å². The number of carboxylic acids is 1. The molecule has 0 saturated heterocycles. The predicted molar refractivity (Wildman–Crippen MR) is 72.8 cm³/mol. The van der Waals surface area contributed by atoms with Gasteiger partial charge in [0.2, 0.25) is 0 Å². The van der Waals surface area contributed by atoms with E-state index in [1.807, 2.05) is 20.8 Å². The van der Waals surface area contributed by atoms with E-state index in [9.17, 15) is 9.90 Å². The van der Waals surface area contributed by atoms with Gasteiger partial charge in [0.25, 0.3) is 0 Å². The fourth-order valence-electron chi connectivity index (χ4n) is 1.97. The molecule has 1 aromatic rings. The fraction of sp³-hybridized carbons (Fsp3) is 0.667. The first-order valence-electron chi connectivity index (χ1n) is 6.00. The Labute approximate surface area is 112 Å². The van der Waals surface area contributed by atoms with Crippen molar-refractivity contribution < 1.29 is 9.90 Å². The van der Waals surface area contributed by atoms with Crippen LogP contribution in [-0.4, -0.2) is 37.9 Å². The second-order valence-corrected chi connectivity index (χ2v) is 6.39. The minimum absolute atomic E-state index is 0.131. The van der Waals surface area contributed by atoms with Crippen LogP contribution in [0.25, 0.3) is 0 Å². The maximum atomic E-state index is 11.4. The monoisotopic (exact) mass is 271 g/mol. The number of aromatic nitrogens is 2. The van der Waals surface area contributed by atoms with E-state index < -0.39 is 11.5 Å². The van der Waals surface area contributed by atoms with Crippen molar-refractivity contribution in [2.45, 2.75) is 56.1 Å². The zero-order chi connectivity index (χ0) is 13.8. The summed E-state index contributed by atoms with van der Waals surface area (Å²) in [6.07, 6.45) is 3.99. The number of carbonyl (C=O) groups is 1. The van der Waals surface area contributed by atoms with Crippen LogP contribution >= 0.6 is 11.8 Å². The SMILES string of the molecule is CC(C)NC(C)(CC(C)Sc1ncc[nH]1)C(=O)O. The smallest absolute Gasteiger partial charge is 0.323 e. The molecule has 0 saturated carbocycles. The molecule has 2 unspecified atom stereocenters. The van der Waals surface area contributed by atoms with Crippen molar-refractivity contribution in [1.82, 2.24) is 15.3 Å². The van der Waals surface area contributed by atoms with Crippen LogP contribution in [0.4, 0.5) is 0 Å². The number of imidazole rings is 1. The van der Waals surface area contributed by atoms with Crippen molar-refractivity contribution in [3.8, 4) is 0 Å². The molecule has 3 N–H and O–H groups in total. The van der Waals surface area contributed by atoms with Crippen LogP contribution in [0, 0.1) is 0 Å². The summed E-state index contributed by atoms with van der Waals surface area (Å²) in [6, 6.07) is 0.131. The minimum atomic E-state index is -0.910. The van der Waals surface area contributed by atoms with E-state index in [1.165, 1.54) is 0 Å². The quantitative estimate of drug-likeness (QED) is 0.662. The molecule has 0 fully saturated rings. The number of aromatic amines is 1. The highest BCUT2D eigenvalue weighted by atomic mass is 32.2. The Morgan fingerprint density at radius 1 is 1.61 bits per heavy atom. The number of nitrogens with one attached hydrogen (secondary N) is 2. The molecular weight excluding hydrogens is 250 g/mol. The molecule has 1 rings (SSSR count). The maximum Gasteiger partial charge on any atom is 0.323 e. The topological polar surface area (TPSA) is 78.0 Å². The van der Waals surface area contributed by atoms with Gasteiger partial charge < -0.3 is 10.1 Å². The third-order valence-corrected chi connectivity index (χ3v) is 3.58. The lowest BCUT2D eigenvalue weighted by Crippen LogP contribution is -2.53. The van der Waals surface area contributed by atoms with E-state index in [4.69, 9.17) is 0 Å². The number of H-pyrrole nitrogens is 1. The molecule has 5 nitrogen and oxygen atoms in total. The van der Waals surface area contributed by atoms with E-state index in [0.717, 1.165) is 5.16 Å². The van der Waals surface area contributed by atoms with Crippen molar-refractivity contribution in [3.63, 3.8) is 0 Å². The Morgan fingerprint density at radius 2 is 2.28 bits per heavy atom. The molecule has 102 valence electrons. The summed E-state index contributed by atoms with van der Waals surface area (Å²) >= 11 is 1.55. The number of rotatable bonds is 7. The Kier molecular flexibility index (Phi) is 5.22. The van der Waals surface area contributed by atoms with Gasteiger partial charge in [0.05, 0.1) is 0 Å². The fourth-order valence-corrected chi connectivity index (χ4v) is 3.02. The molecule has 1 aromatic heterocycles. The van der Waals surface area contributed by atoms with Crippen LogP contribution in [0.15, 0.2) is 17.6 Å². The first kappa shape index (κ1) is 15.0. The summed E-state index contributed by atoms with van der Waals surface area (Å²) in [6.45, 7) is 7.64. The molecule has 0 radical (unpaired) electrons. The highest BCUT2D eigenvalue weighted by molar-refractivity contribution is 7.99.